The first-order valence-corrected chi connectivity index (χ1v) is 16.1. The third kappa shape index (κ3) is 6.24. The summed E-state index contributed by atoms with van der Waals surface area (Å²) in [6.07, 6.45) is 8.76. The van der Waals surface area contributed by atoms with Gasteiger partial charge in [-0.3, -0.25) is 9.98 Å². The molecule has 0 atom stereocenters. The number of sulfonamides is 1. The van der Waals surface area contributed by atoms with Crippen molar-refractivity contribution >= 4 is 27.5 Å². The number of guanidine groups is 1. The third-order valence-electron chi connectivity index (χ3n) is 8.52. The molecule has 230 valence electrons. The average molecular weight is 611 g/mol. The summed E-state index contributed by atoms with van der Waals surface area (Å²) in [4.78, 5) is 23.8. The molecule has 14 nitrogen and oxygen atoms in total. The summed E-state index contributed by atoms with van der Waals surface area (Å²) < 4.78 is 37.0. The molecule has 15 heteroatoms. The fourth-order valence-electron chi connectivity index (χ4n) is 6.14. The number of nitrogens with one attached hydrogen (secondary N) is 3. The van der Waals surface area contributed by atoms with Crippen LogP contribution >= 0.6 is 0 Å². The van der Waals surface area contributed by atoms with Gasteiger partial charge in [-0.1, -0.05) is 6.07 Å². The van der Waals surface area contributed by atoms with Gasteiger partial charge in [0.05, 0.1) is 18.2 Å². The van der Waals surface area contributed by atoms with Crippen molar-refractivity contribution in [3.05, 3.63) is 53.0 Å². The van der Waals surface area contributed by atoms with Crippen molar-refractivity contribution in [3.63, 3.8) is 0 Å². The van der Waals surface area contributed by atoms with Gasteiger partial charge in [0.25, 0.3) is 10.0 Å². The van der Waals surface area contributed by atoms with Crippen LogP contribution in [0.15, 0.2) is 46.7 Å². The molecule has 0 bridgehead atoms. The Labute approximate surface area is 250 Å². The monoisotopic (exact) mass is 610 g/mol. The van der Waals surface area contributed by atoms with Crippen LogP contribution in [-0.4, -0.2) is 82.0 Å². The van der Waals surface area contributed by atoms with Crippen molar-refractivity contribution < 1.29 is 13.2 Å². The molecule has 0 amide bonds. The molecule has 3 aliphatic heterocycles. The van der Waals surface area contributed by atoms with Gasteiger partial charge in [-0.2, -0.15) is 9.29 Å². The Bertz CT molecular complexity index is 1650. The van der Waals surface area contributed by atoms with Gasteiger partial charge in [-0.25, -0.2) is 18.2 Å². The maximum Gasteiger partial charge on any atom is 0.350 e. The van der Waals surface area contributed by atoms with E-state index in [-0.39, 0.29) is 28.6 Å². The lowest BCUT2D eigenvalue weighted by atomic mass is 9.90. The molecule has 2 aromatic heterocycles. The molecule has 0 spiro atoms. The van der Waals surface area contributed by atoms with Crippen LogP contribution < -0.4 is 26.8 Å². The summed E-state index contributed by atoms with van der Waals surface area (Å²) in [6, 6.07) is 6.02. The fraction of sp³-hybridized carbons (Fsp3) is 0.500. The Kier molecular flexibility index (Phi) is 8.11. The van der Waals surface area contributed by atoms with Crippen molar-refractivity contribution in [1.29, 1.82) is 5.41 Å². The van der Waals surface area contributed by atoms with Crippen molar-refractivity contribution in [2.45, 2.75) is 49.1 Å². The number of benzene rings is 1. The van der Waals surface area contributed by atoms with E-state index < -0.39 is 10.0 Å². The van der Waals surface area contributed by atoms with E-state index in [1.54, 1.807) is 22.4 Å². The molecule has 1 aromatic carbocycles. The van der Waals surface area contributed by atoms with Crippen molar-refractivity contribution in [1.82, 2.24) is 33.6 Å². The molecule has 0 radical (unpaired) electrons. The molecule has 2 fully saturated rings. The summed E-state index contributed by atoms with van der Waals surface area (Å²) >= 11 is 0. The highest BCUT2D eigenvalue weighted by Gasteiger charge is 2.32. The highest BCUT2D eigenvalue weighted by Crippen LogP contribution is 2.43. The zero-order chi connectivity index (χ0) is 30.1. The van der Waals surface area contributed by atoms with E-state index >= 15 is 0 Å². The molecule has 3 aliphatic rings. The zero-order valence-electron chi connectivity index (χ0n) is 24.2. The Morgan fingerprint density at radius 3 is 2.60 bits per heavy atom. The van der Waals surface area contributed by atoms with Crippen LogP contribution in [0.5, 0.6) is 11.5 Å². The van der Waals surface area contributed by atoms with Gasteiger partial charge in [0, 0.05) is 52.0 Å². The quantitative estimate of drug-likeness (QED) is 0.131. The number of aromatic nitrogens is 4. The van der Waals surface area contributed by atoms with Gasteiger partial charge >= 0.3 is 5.69 Å². The molecule has 43 heavy (non-hydrogen) atoms. The van der Waals surface area contributed by atoms with Crippen LogP contribution in [0.3, 0.4) is 0 Å². The van der Waals surface area contributed by atoms with E-state index in [2.05, 4.69) is 25.5 Å². The van der Waals surface area contributed by atoms with Crippen LogP contribution in [0.1, 0.15) is 49.6 Å². The minimum Gasteiger partial charge on any atom is -0.450 e. The maximum atomic E-state index is 13.0. The van der Waals surface area contributed by atoms with E-state index in [9.17, 15) is 13.2 Å². The molecule has 5 heterocycles. The van der Waals surface area contributed by atoms with Crippen LogP contribution in [0.25, 0.3) is 0 Å². The van der Waals surface area contributed by atoms with Gasteiger partial charge in [0.15, 0.2) is 28.3 Å². The zero-order valence-corrected chi connectivity index (χ0v) is 25.0. The second-order valence-electron chi connectivity index (χ2n) is 11.4. The van der Waals surface area contributed by atoms with Crippen molar-refractivity contribution in [2.24, 2.45) is 12.8 Å². The van der Waals surface area contributed by atoms with Gasteiger partial charge in [-0.05, 0) is 62.3 Å². The second kappa shape index (κ2) is 12.0. The first-order chi connectivity index (χ1) is 20.7. The van der Waals surface area contributed by atoms with Crippen molar-refractivity contribution in [2.75, 3.05) is 44.6 Å². The van der Waals surface area contributed by atoms with E-state index in [1.807, 2.05) is 18.2 Å². The fourth-order valence-corrected chi connectivity index (χ4v) is 7.58. The number of hydrogen-bond acceptors (Lipinski definition) is 9. The number of rotatable bonds is 8. The minimum atomic E-state index is -3.61. The number of hydrogen-bond donors (Lipinski definition) is 4. The lowest BCUT2D eigenvalue weighted by molar-refractivity contribution is 0.182. The van der Waals surface area contributed by atoms with E-state index in [4.69, 9.17) is 15.9 Å². The predicted molar refractivity (Wildman–Crippen MR) is 161 cm³/mol. The Hall–Kier alpha value is -3.95. The van der Waals surface area contributed by atoms with Crippen molar-refractivity contribution in [3.8, 4) is 11.5 Å². The van der Waals surface area contributed by atoms with Gasteiger partial charge < -0.3 is 30.6 Å². The molecule has 6 rings (SSSR count). The number of aryl methyl sites for hydroxylation is 1. The highest BCUT2D eigenvalue weighted by molar-refractivity contribution is 7.89. The van der Waals surface area contributed by atoms with Crippen LogP contribution in [0.4, 0.5) is 11.5 Å². The molecule has 3 aromatic rings. The largest absolute Gasteiger partial charge is 0.450 e. The second-order valence-corrected chi connectivity index (χ2v) is 13.3. The topological polar surface area (TPSA) is 176 Å². The number of fused-ring (bicyclic) bond motifs is 2. The number of imidazole rings is 1. The number of ether oxygens (including phenoxy) is 1. The van der Waals surface area contributed by atoms with E-state index in [0.29, 0.717) is 49.8 Å². The lowest BCUT2D eigenvalue weighted by Crippen LogP contribution is -2.39. The third-order valence-corrected chi connectivity index (χ3v) is 10.3. The normalized spacial score (nSPS) is 18.3. The summed E-state index contributed by atoms with van der Waals surface area (Å²) in [5.41, 5.74) is 6.86. The summed E-state index contributed by atoms with van der Waals surface area (Å²) in [5, 5.41) is 13.4. The predicted octanol–water partition coefficient (Wildman–Crippen LogP) is 1.90. The summed E-state index contributed by atoms with van der Waals surface area (Å²) in [6.45, 7) is 4.20. The molecule has 5 N–H and O–H groups in total. The Balaban J connectivity index is 1.07. The van der Waals surface area contributed by atoms with Gasteiger partial charge in [0.2, 0.25) is 0 Å². The standard InChI is InChI=1S/C28H38N10O4S/c1-35-17-25(32-18-35)43(40,41)37-13-5-19(6-14-37)20-3-4-23-22(15-20)33-26-24(42-23)16-38(28(39)34-26)21-7-11-36(12-8-21)10-2-9-31-27(29)30/h3-4,15-19,21H,2,5-14H2,1H3,(H4,29,30,31)(H,33,34,39). The summed E-state index contributed by atoms with van der Waals surface area (Å²) in [7, 11) is -1.86. The van der Waals surface area contributed by atoms with Crippen LogP contribution in [-0.2, 0) is 17.1 Å². The number of piperidine rings is 2. The lowest BCUT2D eigenvalue weighted by Gasteiger charge is -2.33. The first kappa shape index (κ1) is 29.1. The first-order valence-electron chi connectivity index (χ1n) is 14.7. The van der Waals surface area contributed by atoms with Crippen LogP contribution in [0, 0.1) is 5.41 Å². The van der Waals surface area contributed by atoms with Gasteiger partial charge in [-0.15, -0.1) is 0 Å². The molecular weight excluding hydrogens is 572 g/mol. The Morgan fingerprint density at radius 1 is 1.14 bits per heavy atom. The van der Waals surface area contributed by atoms with Crippen LogP contribution in [0.2, 0.25) is 0 Å². The molecule has 0 unspecified atom stereocenters. The molecule has 0 saturated carbocycles. The smallest absolute Gasteiger partial charge is 0.350 e. The number of nitrogens with two attached hydrogens (primary N) is 1. The average Bonchev–Trinajstić information content (AvgIpc) is 3.45. The maximum absolute atomic E-state index is 13.0. The molecular formula is C28H38N10O4S. The van der Waals surface area contributed by atoms with E-state index in [0.717, 1.165) is 50.1 Å². The number of anilines is 2. The molecule has 0 aliphatic carbocycles. The number of likely N-dealkylation sites (tertiary alicyclic amines) is 1. The van der Waals surface area contributed by atoms with Gasteiger partial charge in [0.1, 0.15) is 0 Å². The SMILES string of the molecule is Cn1cnc(S(=O)(=O)N2CCC(c3ccc4c(c3)Nc3nc(=O)n(C5CCN(CCCNC(=N)N)CC5)cc3O4)CC2)c1. The van der Waals surface area contributed by atoms with E-state index in [1.165, 1.54) is 16.8 Å². The molecule has 2 saturated heterocycles. The summed E-state index contributed by atoms with van der Waals surface area (Å²) in [5.74, 6) is 1.77. The minimum absolute atomic E-state index is 0.00847. The number of nitrogens with zero attached hydrogens (tertiary/aromatic N) is 6. The highest BCUT2D eigenvalue weighted by atomic mass is 32.2. The Morgan fingerprint density at radius 2 is 1.91 bits per heavy atom.